The zero-order valence-corrected chi connectivity index (χ0v) is 12.2. The maximum Gasteiger partial charge on any atom is 0.0316 e. The highest BCUT2D eigenvalue weighted by Crippen LogP contribution is 2.38. The summed E-state index contributed by atoms with van der Waals surface area (Å²) in [5.41, 5.74) is 11.1. The van der Waals surface area contributed by atoms with Crippen LogP contribution in [0.25, 0.3) is 0 Å². The zero-order chi connectivity index (χ0) is 14.1. The Morgan fingerprint density at radius 2 is 1.85 bits per heavy atom. The number of hydrogen-bond donors (Lipinski definition) is 1. The molecular weight excluding hydrogens is 244 g/mol. The number of nitrogen functional groups attached to an aromatic ring is 1. The van der Waals surface area contributed by atoms with Crippen LogP contribution >= 0.6 is 0 Å². The summed E-state index contributed by atoms with van der Waals surface area (Å²) in [5.74, 6) is 0.454. The first-order chi connectivity index (χ1) is 9.65. The van der Waals surface area contributed by atoms with Crippen molar-refractivity contribution in [3.05, 3.63) is 65.2 Å². The van der Waals surface area contributed by atoms with Crippen LogP contribution in [-0.2, 0) is 6.42 Å². The second-order valence-corrected chi connectivity index (χ2v) is 5.98. The number of hydrogen-bond acceptors (Lipinski definition) is 2. The number of nitrogens with zero attached hydrogens (tertiary/aromatic N) is 1. The number of nitrogens with two attached hydrogens (primary N) is 1. The van der Waals surface area contributed by atoms with E-state index in [0.29, 0.717) is 12.0 Å². The molecule has 3 rings (SSSR count). The van der Waals surface area contributed by atoms with Gasteiger partial charge in [-0.15, -0.1) is 0 Å². The number of likely N-dealkylation sites (N-methyl/N-ethyl adjacent to an activating group) is 1. The van der Waals surface area contributed by atoms with E-state index < -0.39 is 0 Å². The van der Waals surface area contributed by atoms with Gasteiger partial charge in [0.2, 0.25) is 0 Å². The molecule has 2 heteroatoms. The van der Waals surface area contributed by atoms with Crippen LogP contribution in [0.4, 0.5) is 5.69 Å². The Kier molecular flexibility index (Phi) is 3.49. The average molecular weight is 266 g/mol. The smallest absolute Gasteiger partial charge is 0.0316 e. The van der Waals surface area contributed by atoms with E-state index in [-0.39, 0.29) is 0 Å². The molecule has 0 radical (unpaired) electrons. The Morgan fingerprint density at radius 1 is 1.05 bits per heavy atom. The van der Waals surface area contributed by atoms with Gasteiger partial charge in [-0.25, -0.2) is 0 Å². The van der Waals surface area contributed by atoms with Gasteiger partial charge >= 0.3 is 0 Å². The summed E-state index contributed by atoms with van der Waals surface area (Å²) >= 11 is 0. The zero-order valence-electron chi connectivity index (χ0n) is 12.2. The summed E-state index contributed by atoms with van der Waals surface area (Å²) in [4.78, 5) is 2.34. The maximum atomic E-state index is 5.97. The van der Waals surface area contributed by atoms with Crippen LogP contribution < -0.4 is 5.73 Å². The van der Waals surface area contributed by atoms with Gasteiger partial charge in [0, 0.05) is 17.6 Å². The first kappa shape index (κ1) is 13.2. The largest absolute Gasteiger partial charge is 0.399 e. The molecule has 2 aromatic carbocycles. The molecule has 0 aromatic heterocycles. The Balaban J connectivity index is 2.05. The van der Waals surface area contributed by atoms with Crippen molar-refractivity contribution in [2.75, 3.05) is 19.8 Å². The first-order valence-corrected chi connectivity index (χ1v) is 7.25. The van der Waals surface area contributed by atoms with Crippen LogP contribution in [0.3, 0.4) is 0 Å². The van der Waals surface area contributed by atoms with Gasteiger partial charge < -0.3 is 10.6 Å². The standard InChI is InChI=1S/C18H22N2/c1-20(2)16-11-14-6-3-4-9-17(14)18(12-16)13-7-5-8-15(19)10-13/h3-10,16,18H,11-12,19H2,1-2H3. The summed E-state index contributed by atoms with van der Waals surface area (Å²) < 4.78 is 0. The summed E-state index contributed by atoms with van der Waals surface area (Å²) in [6, 6.07) is 17.8. The fraction of sp³-hybridized carbons (Fsp3) is 0.333. The average Bonchev–Trinajstić information content (AvgIpc) is 2.46. The van der Waals surface area contributed by atoms with Crippen molar-refractivity contribution >= 4 is 5.69 Å². The molecule has 0 saturated carbocycles. The van der Waals surface area contributed by atoms with Crippen LogP contribution in [0, 0.1) is 0 Å². The van der Waals surface area contributed by atoms with Gasteiger partial charge in [0.15, 0.2) is 0 Å². The second-order valence-electron chi connectivity index (χ2n) is 5.98. The number of rotatable bonds is 2. The summed E-state index contributed by atoms with van der Waals surface area (Å²) in [6.07, 6.45) is 2.30. The lowest BCUT2D eigenvalue weighted by Crippen LogP contribution is -2.35. The third-order valence-electron chi connectivity index (χ3n) is 4.44. The van der Waals surface area contributed by atoms with Crippen molar-refractivity contribution in [2.24, 2.45) is 0 Å². The minimum Gasteiger partial charge on any atom is -0.399 e. The van der Waals surface area contributed by atoms with Crippen LogP contribution in [0.15, 0.2) is 48.5 Å². The van der Waals surface area contributed by atoms with Crippen LogP contribution in [0.2, 0.25) is 0 Å². The molecule has 1 aliphatic carbocycles. The summed E-state index contributed by atoms with van der Waals surface area (Å²) in [6.45, 7) is 0. The van der Waals surface area contributed by atoms with E-state index >= 15 is 0 Å². The van der Waals surface area contributed by atoms with Crippen molar-refractivity contribution in [1.29, 1.82) is 0 Å². The molecule has 2 N–H and O–H groups in total. The number of anilines is 1. The normalized spacial score (nSPS) is 21.8. The van der Waals surface area contributed by atoms with E-state index in [1.807, 2.05) is 6.07 Å². The molecule has 0 spiro atoms. The van der Waals surface area contributed by atoms with Gasteiger partial charge in [0.05, 0.1) is 0 Å². The SMILES string of the molecule is CN(C)C1Cc2ccccc2C(c2cccc(N)c2)C1. The molecule has 2 atom stereocenters. The van der Waals surface area contributed by atoms with Crippen molar-refractivity contribution in [3.8, 4) is 0 Å². The lowest BCUT2D eigenvalue weighted by Gasteiger charge is -2.35. The number of fused-ring (bicyclic) bond motifs is 1. The fourth-order valence-electron chi connectivity index (χ4n) is 3.28. The van der Waals surface area contributed by atoms with Gasteiger partial charge in [0.1, 0.15) is 0 Å². The molecule has 0 amide bonds. The molecule has 0 saturated heterocycles. The Morgan fingerprint density at radius 3 is 2.60 bits per heavy atom. The molecule has 104 valence electrons. The highest BCUT2D eigenvalue weighted by molar-refractivity contribution is 5.47. The van der Waals surface area contributed by atoms with Gasteiger partial charge in [-0.2, -0.15) is 0 Å². The van der Waals surface area contributed by atoms with Crippen molar-refractivity contribution in [1.82, 2.24) is 4.90 Å². The Labute approximate surface area is 121 Å². The molecule has 0 fully saturated rings. The monoisotopic (exact) mass is 266 g/mol. The predicted octanol–water partition coefficient (Wildman–Crippen LogP) is 3.28. The quantitative estimate of drug-likeness (QED) is 0.845. The third-order valence-corrected chi connectivity index (χ3v) is 4.44. The van der Waals surface area contributed by atoms with E-state index in [2.05, 4.69) is 61.5 Å². The minimum absolute atomic E-state index is 0.454. The van der Waals surface area contributed by atoms with Gasteiger partial charge in [0.25, 0.3) is 0 Å². The van der Waals surface area contributed by atoms with E-state index in [0.717, 1.165) is 18.5 Å². The molecular formula is C18H22N2. The molecule has 2 unspecified atom stereocenters. The van der Waals surface area contributed by atoms with E-state index in [1.165, 1.54) is 16.7 Å². The molecule has 0 bridgehead atoms. The lowest BCUT2D eigenvalue weighted by atomic mass is 9.76. The van der Waals surface area contributed by atoms with Gasteiger partial charge in [-0.1, -0.05) is 36.4 Å². The minimum atomic E-state index is 0.454. The Hall–Kier alpha value is -1.80. The topological polar surface area (TPSA) is 29.3 Å². The van der Waals surface area contributed by atoms with Crippen molar-refractivity contribution in [3.63, 3.8) is 0 Å². The molecule has 0 heterocycles. The molecule has 0 aliphatic heterocycles. The molecule has 2 nitrogen and oxygen atoms in total. The summed E-state index contributed by atoms with van der Waals surface area (Å²) in [5, 5.41) is 0. The van der Waals surface area contributed by atoms with E-state index in [4.69, 9.17) is 5.73 Å². The highest BCUT2D eigenvalue weighted by atomic mass is 15.1. The Bertz CT molecular complexity index is 604. The van der Waals surface area contributed by atoms with Gasteiger partial charge in [-0.05, 0) is 55.8 Å². The van der Waals surface area contributed by atoms with Crippen LogP contribution in [-0.4, -0.2) is 25.0 Å². The van der Waals surface area contributed by atoms with Crippen LogP contribution in [0.1, 0.15) is 29.0 Å². The van der Waals surface area contributed by atoms with Crippen molar-refractivity contribution < 1.29 is 0 Å². The summed E-state index contributed by atoms with van der Waals surface area (Å²) in [7, 11) is 4.35. The molecule has 2 aromatic rings. The molecule has 1 aliphatic rings. The fourth-order valence-corrected chi connectivity index (χ4v) is 3.28. The number of benzene rings is 2. The predicted molar refractivity (Wildman–Crippen MR) is 84.9 cm³/mol. The van der Waals surface area contributed by atoms with E-state index in [9.17, 15) is 0 Å². The highest BCUT2D eigenvalue weighted by Gasteiger charge is 2.28. The third kappa shape index (κ3) is 2.44. The van der Waals surface area contributed by atoms with Crippen molar-refractivity contribution in [2.45, 2.75) is 24.8 Å². The maximum absolute atomic E-state index is 5.97. The van der Waals surface area contributed by atoms with E-state index in [1.54, 1.807) is 0 Å². The first-order valence-electron chi connectivity index (χ1n) is 7.25. The second kappa shape index (κ2) is 5.29. The van der Waals surface area contributed by atoms with Gasteiger partial charge in [-0.3, -0.25) is 0 Å². The molecule has 20 heavy (non-hydrogen) atoms. The lowest BCUT2D eigenvalue weighted by molar-refractivity contribution is 0.258. The van der Waals surface area contributed by atoms with Crippen LogP contribution in [0.5, 0.6) is 0 Å².